The highest BCUT2D eigenvalue weighted by molar-refractivity contribution is 5.52. The number of nitrogens with one attached hydrogen (secondary N) is 1. The van der Waals surface area contributed by atoms with Crippen molar-refractivity contribution < 1.29 is 9.47 Å². The Morgan fingerprint density at radius 3 is 3.29 bits per heavy atom. The normalized spacial score (nSPS) is 20.4. The Morgan fingerprint density at radius 2 is 2.59 bits per heavy atom. The molecule has 2 rings (SSSR count). The van der Waals surface area contributed by atoms with Gasteiger partial charge in [0.05, 0.1) is 32.7 Å². The van der Waals surface area contributed by atoms with Gasteiger partial charge in [-0.3, -0.25) is 4.79 Å². The summed E-state index contributed by atoms with van der Waals surface area (Å²) in [4.78, 5) is 20.2. The van der Waals surface area contributed by atoms with Crippen molar-refractivity contribution in [3.05, 3.63) is 16.7 Å². The highest BCUT2D eigenvalue weighted by atomic mass is 16.5. The van der Waals surface area contributed by atoms with Gasteiger partial charge in [0.25, 0.3) is 5.56 Å². The first-order valence-electron chi connectivity index (χ1n) is 5.44. The molecule has 1 saturated heterocycles. The highest BCUT2D eigenvalue weighted by Gasteiger charge is 2.26. The van der Waals surface area contributed by atoms with E-state index < -0.39 is 0 Å². The standard InChI is InChI=1S/C10H16N4O3/c1-16-8-9(12-6-13-10(8)15)14-2-3-17-5-7(14)4-11/h6-7H,2-5,11H2,1H3,(H,12,13,15). The second-order valence-electron chi connectivity index (χ2n) is 3.75. The molecule has 7 nitrogen and oxygen atoms in total. The second kappa shape index (κ2) is 5.15. The van der Waals surface area contributed by atoms with E-state index in [1.165, 1.54) is 13.4 Å². The van der Waals surface area contributed by atoms with Crippen molar-refractivity contribution in [1.82, 2.24) is 9.97 Å². The molecule has 0 radical (unpaired) electrons. The van der Waals surface area contributed by atoms with Gasteiger partial charge in [0.15, 0.2) is 5.82 Å². The maximum absolute atomic E-state index is 11.6. The minimum absolute atomic E-state index is 0.0203. The van der Waals surface area contributed by atoms with E-state index in [2.05, 4.69) is 9.97 Å². The largest absolute Gasteiger partial charge is 0.489 e. The molecule has 0 aliphatic carbocycles. The number of nitrogens with two attached hydrogens (primary N) is 1. The van der Waals surface area contributed by atoms with Crippen LogP contribution in [0.5, 0.6) is 5.75 Å². The lowest BCUT2D eigenvalue weighted by molar-refractivity contribution is 0.0955. The maximum atomic E-state index is 11.6. The zero-order valence-electron chi connectivity index (χ0n) is 9.68. The van der Waals surface area contributed by atoms with Crippen LogP contribution in [-0.2, 0) is 4.74 Å². The van der Waals surface area contributed by atoms with Crippen LogP contribution < -0.4 is 20.9 Å². The molecule has 1 aliphatic heterocycles. The molecular formula is C10H16N4O3. The van der Waals surface area contributed by atoms with Gasteiger partial charge in [0, 0.05) is 13.1 Å². The summed E-state index contributed by atoms with van der Waals surface area (Å²) >= 11 is 0. The summed E-state index contributed by atoms with van der Waals surface area (Å²) in [5, 5.41) is 0. The number of hydrogen-bond donors (Lipinski definition) is 2. The lowest BCUT2D eigenvalue weighted by Crippen LogP contribution is -2.50. The Balaban J connectivity index is 2.37. The van der Waals surface area contributed by atoms with Gasteiger partial charge in [0.1, 0.15) is 0 Å². The number of rotatable bonds is 3. The first-order valence-corrected chi connectivity index (χ1v) is 5.44. The van der Waals surface area contributed by atoms with Crippen LogP contribution in [0, 0.1) is 0 Å². The fourth-order valence-electron chi connectivity index (χ4n) is 1.90. The van der Waals surface area contributed by atoms with Crippen molar-refractivity contribution in [3.8, 4) is 5.75 Å². The molecule has 7 heteroatoms. The summed E-state index contributed by atoms with van der Waals surface area (Å²) in [6, 6.07) is 0.0203. The molecule has 17 heavy (non-hydrogen) atoms. The van der Waals surface area contributed by atoms with Crippen LogP contribution in [-0.4, -0.2) is 49.4 Å². The maximum Gasteiger partial charge on any atom is 0.295 e. The van der Waals surface area contributed by atoms with Gasteiger partial charge in [0.2, 0.25) is 5.75 Å². The average molecular weight is 240 g/mol. The van der Waals surface area contributed by atoms with Crippen molar-refractivity contribution in [2.45, 2.75) is 6.04 Å². The Bertz CT molecular complexity index is 434. The van der Waals surface area contributed by atoms with Gasteiger partial charge in [-0.2, -0.15) is 0 Å². The van der Waals surface area contributed by atoms with Gasteiger partial charge in [-0.15, -0.1) is 0 Å². The third-order valence-electron chi connectivity index (χ3n) is 2.77. The van der Waals surface area contributed by atoms with Crippen LogP contribution in [0.2, 0.25) is 0 Å². The molecule has 1 unspecified atom stereocenters. The lowest BCUT2D eigenvalue weighted by atomic mass is 10.2. The van der Waals surface area contributed by atoms with E-state index in [-0.39, 0.29) is 17.4 Å². The smallest absolute Gasteiger partial charge is 0.295 e. The Kier molecular flexibility index (Phi) is 3.60. The zero-order valence-corrected chi connectivity index (χ0v) is 9.68. The highest BCUT2D eigenvalue weighted by Crippen LogP contribution is 2.23. The number of morpholine rings is 1. The Labute approximate surface area is 98.5 Å². The van der Waals surface area contributed by atoms with Crippen LogP contribution in [0.25, 0.3) is 0 Å². The second-order valence-corrected chi connectivity index (χ2v) is 3.75. The molecule has 0 saturated carbocycles. The number of hydrogen-bond acceptors (Lipinski definition) is 6. The fourth-order valence-corrected chi connectivity index (χ4v) is 1.90. The molecule has 2 heterocycles. The number of anilines is 1. The molecule has 1 atom stereocenters. The third kappa shape index (κ3) is 2.25. The Hall–Kier alpha value is -1.60. The van der Waals surface area contributed by atoms with E-state index in [1.807, 2.05) is 4.90 Å². The van der Waals surface area contributed by atoms with Crippen LogP contribution >= 0.6 is 0 Å². The average Bonchev–Trinajstić information content (AvgIpc) is 2.38. The topological polar surface area (TPSA) is 93.5 Å². The summed E-state index contributed by atoms with van der Waals surface area (Å²) in [6.45, 7) is 2.22. The molecule has 1 aromatic heterocycles. The number of nitrogens with zero attached hydrogens (tertiary/aromatic N) is 2. The predicted octanol–water partition coefficient (Wildman–Crippen LogP) is -1.06. The van der Waals surface area contributed by atoms with Gasteiger partial charge >= 0.3 is 0 Å². The summed E-state index contributed by atoms with van der Waals surface area (Å²) in [5.41, 5.74) is 5.39. The first kappa shape index (κ1) is 11.9. The monoisotopic (exact) mass is 240 g/mol. The fraction of sp³-hybridized carbons (Fsp3) is 0.600. The quantitative estimate of drug-likeness (QED) is 0.699. The molecular weight excluding hydrogens is 224 g/mol. The van der Waals surface area contributed by atoms with Crippen molar-refractivity contribution in [1.29, 1.82) is 0 Å². The number of H-pyrrole nitrogens is 1. The SMILES string of the molecule is COc1c(N2CCOCC2CN)nc[nH]c1=O. The zero-order chi connectivity index (χ0) is 12.3. The minimum Gasteiger partial charge on any atom is -0.489 e. The molecule has 94 valence electrons. The van der Waals surface area contributed by atoms with Crippen LogP contribution in [0.1, 0.15) is 0 Å². The van der Waals surface area contributed by atoms with Crippen LogP contribution in [0.3, 0.4) is 0 Å². The number of aromatic amines is 1. The Morgan fingerprint density at radius 1 is 1.76 bits per heavy atom. The van der Waals surface area contributed by atoms with E-state index in [9.17, 15) is 4.79 Å². The lowest BCUT2D eigenvalue weighted by Gasteiger charge is -2.35. The summed E-state index contributed by atoms with van der Waals surface area (Å²) in [5.74, 6) is 0.739. The van der Waals surface area contributed by atoms with Gasteiger partial charge < -0.3 is 25.1 Å². The van der Waals surface area contributed by atoms with Gasteiger partial charge in [-0.05, 0) is 0 Å². The summed E-state index contributed by atoms with van der Waals surface area (Å²) in [6.07, 6.45) is 1.36. The molecule has 1 aromatic rings. The van der Waals surface area contributed by atoms with Crippen molar-refractivity contribution in [2.24, 2.45) is 5.73 Å². The predicted molar refractivity (Wildman–Crippen MR) is 62.4 cm³/mol. The number of methoxy groups -OCH3 is 1. The van der Waals surface area contributed by atoms with Crippen molar-refractivity contribution in [3.63, 3.8) is 0 Å². The summed E-state index contributed by atoms with van der Waals surface area (Å²) < 4.78 is 10.4. The van der Waals surface area contributed by atoms with Gasteiger partial charge in [-0.25, -0.2) is 4.98 Å². The number of aromatic nitrogens is 2. The van der Waals surface area contributed by atoms with E-state index in [4.69, 9.17) is 15.2 Å². The van der Waals surface area contributed by atoms with Crippen molar-refractivity contribution in [2.75, 3.05) is 38.3 Å². The van der Waals surface area contributed by atoms with Crippen LogP contribution in [0.15, 0.2) is 11.1 Å². The van der Waals surface area contributed by atoms with E-state index in [0.29, 0.717) is 32.1 Å². The third-order valence-corrected chi connectivity index (χ3v) is 2.77. The molecule has 0 spiro atoms. The molecule has 3 N–H and O–H groups in total. The van der Waals surface area contributed by atoms with Gasteiger partial charge in [-0.1, -0.05) is 0 Å². The van der Waals surface area contributed by atoms with E-state index >= 15 is 0 Å². The molecule has 0 amide bonds. The van der Waals surface area contributed by atoms with E-state index in [1.54, 1.807) is 0 Å². The number of ether oxygens (including phenoxy) is 2. The molecule has 1 fully saturated rings. The summed E-state index contributed by atoms with van der Waals surface area (Å²) in [7, 11) is 1.45. The minimum atomic E-state index is -0.292. The molecule has 0 aromatic carbocycles. The molecule has 0 bridgehead atoms. The van der Waals surface area contributed by atoms with E-state index in [0.717, 1.165) is 0 Å². The van der Waals surface area contributed by atoms with Crippen molar-refractivity contribution >= 4 is 5.82 Å². The first-order chi connectivity index (χ1) is 8.27. The van der Waals surface area contributed by atoms with Crippen LogP contribution in [0.4, 0.5) is 5.82 Å². The molecule has 1 aliphatic rings.